The molecule has 8 nitrogen and oxygen atoms in total. The molecule has 0 bridgehead atoms. The Bertz CT molecular complexity index is 1460. The van der Waals surface area contributed by atoms with Crippen molar-refractivity contribution in [1.29, 1.82) is 0 Å². The maximum Gasteiger partial charge on any atom is 0.289 e. The van der Waals surface area contributed by atoms with Gasteiger partial charge < -0.3 is 18.6 Å². The first-order chi connectivity index (χ1) is 16.8. The largest absolute Gasteiger partial charge is 0.459 e. The van der Waals surface area contributed by atoms with Crippen LogP contribution in [-0.4, -0.2) is 50.4 Å². The summed E-state index contributed by atoms with van der Waals surface area (Å²) >= 11 is 0. The molecule has 0 aliphatic carbocycles. The standard InChI is InChI=1S/C25H22FN3O5S/c1-17-5-2-3-6-20(17)22-27-23(35(31,32)19-10-8-18(26)9-11-19)25(34-22)29-14-12-28(13-15-29)24(30)21-7-4-16-33-21/h2-11,16H,12-15H2,1H3. The van der Waals surface area contributed by atoms with Gasteiger partial charge in [0, 0.05) is 31.7 Å². The second-order valence-corrected chi connectivity index (χ2v) is 10.0. The number of hydrogen-bond donors (Lipinski definition) is 0. The Labute approximate surface area is 201 Å². The van der Waals surface area contributed by atoms with Crippen LogP contribution in [0.2, 0.25) is 0 Å². The number of hydrogen-bond acceptors (Lipinski definition) is 7. The van der Waals surface area contributed by atoms with E-state index < -0.39 is 15.7 Å². The molecule has 35 heavy (non-hydrogen) atoms. The molecule has 0 N–H and O–H groups in total. The van der Waals surface area contributed by atoms with Gasteiger partial charge in [-0.3, -0.25) is 4.79 Å². The van der Waals surface area contributed by atoms with E-state index in [9.17, 15) is 17.6 Å². The number of furan rings is 1. The molecule has 3 heterocycles. The van der Waals surface area contributed by atoms with E-state index in [0.29, 0.717) is 31.7 Å². The van der Waals surface area contributed by atoms with Crippen LogP contribution in [0.25, 0.3) is 11.5 Å². The zero-order valence-corrected chi connectivity index (χ0v) is 19.7. The van der Waals surface area contributed by atoms with E-state index in [-0.39, 0.29) is 33.4 Å². The Hall–Kier alpha value is -3.92. The molecule has 2 aromatic carbocycles. The van der Waals surface area contributed by atoms with Crippen molar-refractivity contribution in [2.24, 2.45) is 0 Å². The van der Waals surface area contributed by atoms with Gasteiger partial charge in [-0.25, -0.2) is 12.8 Å². The van der Waals surface area contributed by atoms with Crippen molar-refractivity contribution in [3.05, 3.63) is 84.1 Å². The van der Waals surface area contributed by atoms with Gasteiger partial charge in [-0.2, -0.15) is 4.98 Å². The Morgan fingerprint density at radius 3 is 2.34 bits per heavy atom. The minimum Gasteiger partial charge on any atom is -0.459 e. The topological polar surface area (TPSA) is 96.9 Å². The zero-order chi connectivity index (χ0) is 24.6. The van der Waals surface area contributed by atoms with E-state index in [2.05, 4.69) is 4.98 Å². The third-order valence-electron chi connectivity index (χ3n) is 5.92. The molecule has 1 amide bonds. The van der Waals surface area contributed by atoms with Crippen LogP contribution in [0.5, 0.6) is 0 Å². The first-order valence-electron chi connectivity index (χ1n) is 11.0. The summed E-state index contributed by atoms with van der Waals surface area (Å²) in [7, 11) is -4.11. The number of piperazine rings is 1. The van der Waals surface area contributed by atoms with E-state index in [1.54, 1.807) is 28.0 Å². The molecule has 1 aliphatic rings. The molecular weight excluding hydrogens is 473 g/mol. The molecule has 1 fully saturated rings. The fourth-order valence-electron chi connectivity index (χ4n) is 4.00. The average Bonchev–Trinajstić information content (AvgIpc) is 3.55. The first kappa shape index (κ1) is 22.9. The smallest absolute Gasteiger partial charge is 0.289 e. The Kier molecular flexibility index (Phi) is 5.89. The molecule has 5 rings (SSSR count). The van der Waals surface area contributed by atoms with Crippen LogP contribution in [0.15, 0.2) is 85.7 Å². The van der Waals surface area contributed by atoms with Crippen LogP contribution < -0.4 is 4.90 Å². The van der Waals surface area contributed by atoms with Crippen LogP contribution >= 0.6 is 0 Å². The number of rotatable bonds is 5. The van der Waals surface area contributed by atoms with Crippen molar-refractivity contribution in [3.63, 3.8) is 0 Å². The summed E-state index contributed by atoms with van der Waals surface area (Å²) in [5, 5.41) is -0.242. The van der Waals surface area contributed by atoms with Crippen molar-refractivity contribution in [2.75, 3.05) is 31.1 Å². The van der Waals surface area contributed by atoms with Gasteiger partial charge in [0.1, 0.15) is 5.82 Å². The third-order valence-corrected chi connectivity index (χ3v) is 7.59. The molecule has 1 saturated heterocycles. The molecule has 0 spiro atoms. The molecule has 2 aromatic heterocycles. The fraction of sp³-hybridized carbons (Fsp3) is 0.200. The number of carbonyl (C=O) groups is 1. The lowest BCUT2D eigenvalue weighted by Crippen LogP contribution is -2.49. The molecule has 0 atom stereocenters. The predicted octanol–water partition coefficient (Wildman–Crippen LogP) is 4.18. The highest BCUT2D eigenvalue weighted by molar-refractivity contribution is 7.91. The number of benzene rings is 2. The highest BCUT2D eigenvalue weighted by Gasteiger charge is 2.34. The highest BCUT2D eigenvalue weighted by atomic mass is 32.2. The molecular formula is C25H22FN3O5S. The van der Waals surface area contributed by atoms with Gasteiger partial charge in [0.15, 0.2) is 5.76 Å². The van der Waals surface area contributed by atoms with Crippen LogP contribution in [0.1, 0.15) is 16.1 Å². The summed E-state index contributed by atoms with van der Waals surface area (Å²) in [4.78, 5) is 20.3. The summed E-state index contributed by atoms with van der Waals surface area (Å²) in [6, 6.07) is 15.2. The van der Waals surface area contributed by atoms with Gasteiger partial charge >= 0.3 is 0 Å². The van der Waals surface area contributed by atoms with E-state index in [0.717, 1.165) is 17.7 Å². The normalized spacial score (nSPS) is 14.3. The molecule has 0 radical (unpaired) electrons. The Morgan fingerprint density at radius 1 is 0.971 bits per heavy atom. The molecule has 0 saturated carbocycles. The summed E-state index contributed by atoms with van der Waals surface area (Å²) in [6.45, 7) is 3.24. The second kappa shape index (κ2) is 9.03. The van der Waals surface area contributed by atoms with Crippen LogP contribution in [0, 0.1) is 12.7 Å². The lowest BCUT2D eigenvalue weighted by molar-refractivity contribution is 0.0713. The van der Waals surface area contributed by atoms with E-state index in [1.807, 2.05) is 25.1 Å². The minimum absolute atomic E-state index is 0.0867. The summed E-state index contributed by atoms with van der Waals surface area (Å²) in [6.07, 6.45) is 1.44. The van der Waals surface area contributed by atoms with Gasteiger partial charge in [-0.05, 0) is 55.0 Å². The number of aryl methyl sites for hydroxylation is 1. The van der Waals surface area contributed by atoms with E-state index in [1.165, 1.54) is 18.4 Å². The predicted molar refractivity (Wildman–Crippen MR) is 125 cm³/mol. The van der Waals surface area contributed by atoms with Crippen LogP contribution in [0.4, 0.5) is 10.3 Å². The summed E-state index contributed by atoms with van der Waals surface area (Å²) in [5.74, 6) is -0.251. The number of aromatic nitrogens is 1. The van der Waals surface area contributed by atoms with Crippen molar-refractivity contribution in [3.8, 4) is 11.5 Å². The van der Waals surface area contributed by atoms with Crippen molar-refractivity contribution in [1.82, 2.24) is 9.88 Å². The van der Waals surface area contributed by atoms with E-state index >= 15 is 0 Å². The number of anilines is 1. The maximum atomic E-state index is 13.5. The second-order valence-electron chi connectivity index (χ2n) is 8.16. The number of oxazole rings is 1. The number of sulfone groups is 1. The molecule has 10 heteroatoms. The quantitative estimate of drug-likeness (QED) is 0.383. The minimum atomic E-state index is -4.11. The van der Waals surface area contributed by atoms with Crippen molar-refractivity contribution in [2.45, 2.75) is 16.8 Å². The van der Waals surface area contributed by atoms with Crippen molar-refractivity contribution < 1.29 is 26.4 Å². The van der Waals surface area contributed by atoms with Gasteiger partial charge in [-0.15, -0.1) is 0 Å². The average molecular weight is 496 g/mol. The van der Waals surface area contributed by atoms with Crippen LogP contribution in [-0.2, 0) is 9.84 Å². The lowest BCUT2D eigenvalue weighted by atomic mass is 10.1. The van der Waals surface area contributed by atoms with Gasteiger partial charge in [0.2, 0.25) is 26.6 Å². The zero-order valence-electron chi connectivity index (χ0n) is 18.8. The van der Waals surface area contributed by atoms with Gasteiger partial charge in [0.25, 0.3) is 5.91 Å². The number of nitrogens with zero attached hydrogens (tertiary/aromatic N) is 3. The number of halogens is 1. The van der Waals surface area contributed by atoms with Gasteiger partial charge in [0.05, 0.1) is 11.2 Å². The third kappa shape index (κ3) is 4.32. The van der Waals surface area contributed by atoms with Gasteiger partial charge in [-0.1, -0.05) is 18.2 Å². The summed E-state index contributed by atoms with van der Waals surface area (Å²) in [5.41, 5.74) is 1.54. The lowest BCUT2D eigenvalue weighted by Gasteiger charge is -2.34. The van der Waals surface area contributed by atoms with Crippen molar-refractivity contribution >= 4 is 21.6 Å². The molecule has 1 aliphatic heterocycles. The molecule has 180 valence electrons. The maximum absolute atomic E-state index is 13.5. The number of carbonyl (C=O) groups excluding carboxylic acids is 1. The monoisotopic (exact) mass is 495 g/mol. The number of amides is 1. The fourth-order valence-corrected chi connectivity index (χ4v) is 5.32. The molecule has 4 aromatic rings. The van der Waals surface area contributed by atoms with E-state index in [4.69, 9.17) is 8.83 Å². The Balaban J connectivity index is 1.51. The van der Waals surface area contributed by atoms with Crippen LogP contribution in [0.3, 0.4) is 0 Å². The first-order valence-corrected chi connectivity index (χ1v) is 12.5. The molecule has 0 unspecified atom stereocenters. The summed E-state index contributed by atoms with van der Waals surface area (Å²) < 4.78 is 51.7. The SMILES string of the molecule is Cc1ccccc1-c1nc(S(=O)(=O)c2ccc(F)cc2)c(N2CCN(C(=O)c3ccco3)CC2)o1. The highest BCUT2D eigenvalue weighted by Crippen LogP contribution is 2.36. The Morgan fingerprint density at radius 2 is 1.69 bits per heavy atom.